The maximum atomic E-state index is 9.53. The van der Waals surface area contributed by atoms with Crippen LogP contribution in [0.2, 0.25) is 5.02 Å². The summed E-state index contributed by atoms with van der Waals surface area (Å²) in [6, 6.07) is 2.57. The Balaban J connectivity index is 3.04. The number of phenols is 1. The third-order valence-corrected chi connectivity index (χ3v) is 2.47. The van der Waals surface area contributed by atoms with Crippen molar-refractivity contribution in [3.05, 3.63) is 22.7 Å². The van der Waals surface area contributed by atoms with Crippen LogP contribution in [0.3, 0.4) is 0 Å². The fourth-order valence-corrected chi connectivity index (χ4v) is 1.60. The minimum absolute atomic E-state index is 0.00899. The number of methoxy groups -OCH3 is 1. The first-order valence-electron chi connectivity index (χ1n) is 4.53. The summed E-state index contributed by atoms with van der Waals surface area (Å²) in [5.41, 5.74) is 6.37. The molecule has 1 unspecified atom stereocenters. The molecule has 15 heavy (non-hydrogen) atoms. The molecule has 0 bridgehead atoms. The van der Waals surface area contributed by atoms with E-state index >= 15 is 0 Å². The zero-order valence-electron chi connectivity index (χ0n) is 8.40. The van der Waals surface area contributed by atoms with Crippen LogP contribution in [0.4, 0.5) is 0 Å². The highest BCUT2D eigenvalue weighted by molar-refractivity contribution is 6.31. The molecule has 0 aliphatic carbocycles. The number of hydrogen-bond acceptors (Lipinski definition) is 4. The second-order valence-electron chi connectivity index (χ2n) is 3.16. The van der Waals surface area contributed by atoms with Crippen LogP contribution in [0.15, 0.2) is 12.1 Å². The predicted molar refractivity (Wildman–Crippen MR) is 58.3 cm³/mol. The molecule has 0 saturated heterocycles. The summed E-state index contributed by atoms with van der Waals surface area (Å²) < 4.78 is 4.90. The van der Waals surface area contributed by atoms with Gasteiger partial charge in [-0.25, -0.2) is 0 Å². The first kappa shape index (κ1) is 12.1. The zero-order valence-corrected chi connectivity index (χ0v) is 9.16. The Morgan fingerprint density at radius 3 is 2.73 bits per heavy atom. The van der Waals surface area contributed by atoms with Crippen LogP contribution in [0.5, 0.6) is 11.5 Å². The molecule has 84 valence electrons. The normalized spacial score (nSPS) is 12.5. The van der Waals surface area contributed by atoms with E-state index in [-0.39, 0.29) is 18.4 Å². The predicted octanol–water partition coefficient (Wildman–Crippen LogP) is 1.44. The van der Waals surface area contributed by atoms with Crippen molar-refractivity contribution in [2.45, 2.75) is 12.5 Å². The highest BCUT2D eigenvalue weighted by Crippen LogP contribution is 2.35. The van der Waals surface area contributed by atoms with Crippen molar-refractivity contribution in [2.24, 2.45) is 5.73 Å². The molecule has 0 spiro atoms. The smallest absolute Gasteiger partial charge is 0.161 e. The lowest BCUT2D eigenvalue weighted by Crippen LogP contribution is -2.12. The first-order chi connectivity index (χ1) is 7.10. The van der Waals surface area contributed by atoms with Gasteiger partial charge in [0.25, 0.3) is 0 Å². The number of rotatable bonds is 4. The summed E-state index contributed by atoms with van der Waals surface area (Å²) in [6.45, 7) is -0.0235. The Morgan fingerprint density at radius 1 is 1.53 bits per heavy atom. The van der Waals surface area contributed by atoms with E-state index < -0.39 is 0 Å². The maximum Gasteiger partial charge on any atom is 0.161 e. The molecule has 0 amide bonds. The van der Waals surface area contributed by atoms with Crippen molar-refractivity contribution in [3.63, 3.8) is 0 Å². The van der Waals surface area contributed by atoms with E-state index in [0.29, 0.717) is 22.8 Å². The van der Waals surface area contributed by atoms with Crippen molar-refractivity contribution in [1.29, 1.82) is 0 Å². The molecule has 0 saturated carbocycles. The van der Waals surface area contributed by atoms with Crippen LogP contribution < -0.4 is 10.5 Å². The standard InChI is InChI=1S/C10H14ClNO3/c1-15-10-5-7(11)6(4-9(10)14)8(12)2-3-13/h4-5,8,13-14H,2-3,12H2,1H3. The van der Waals surface area contributed by atoms with Crippen LogP contribution in [-0.2, 0) is 0 Å². The molecule has 1 rings (SSSR count). The maximum absolute atomic E-state index is 9.53. The lowest BCUT2D eigenvalue weighted by Gasteiger charge is -2.14. The molecule has 0 radical (unpaired) electrons. The Bertz CT molecular complexity index is 344. The van der Waals surface area contributed by atoms with Gasteiger partial charge in [0.05, 0.1) is 7.11 Å². The quantitative estimate of drug-likeness (QED) is 0.733. The van der Waals surface area contributed by atoms with Gasteiger partial charge in [0, 0.05) is 23.7 Å². The number of aliphatic hydroxyl groups is 1. The number of nitrogens with two attached hydrogens (primary N) is 1. The van der Waals surface area contributed by atoms with Crippen molar-refractivity contribution in [2.75, 3.05) is 13.7 Å². The first-order valence-corrected chi connectivity index (χ1v) is 4.90. The van der Waals surface area contributed by atoms with E-state index in [1.165, 1.54) is 19.2 Å². The number of aliphatic hydroxyl groups excluding tert-OH is 1. The van der Waals surface area contributed by atoms with Crippen molar-refractivity contribution >= 4 is 11.6 Å². The van der Waals surface area contributed by atoms with Gasteiger partial charge in [-0.15, -0.1) is 0 Å². The second-order valence-corrected chi connectivity index (χ2v) is 3.57. The van der Waals surface area contributed by atoms with Crippen molar-refractivity contribution < 1.29 is 14.9 Å². The van der Waals surface area contributed by atoms with Gasteiger partial charge in [-0.1, -0.05) is 11.6 Å². The summed E-state index contributed by atoms with van der Waals surface area (Å²) in [4.78, 5) is 0. The van der Waals surface area contributed by atoms with Crippen LogP contribution >= 0.6 is 11.6 Å². The molecule has 0 aliphatic rings. The van der Waals surface area contributed by atoms with Gasteiger partial charge >= 0.3 is 0 Å². The Kier molecular flexibility index (Phi) is 4.20. The average molecular weight is 232 g/mol. The van der Waals surface area contributed by atoms with Gasteiger partial charge in [0.1, 0.15) is 0 Å². The number of halogens is 1. The van der Waals surface area contributed by atoms with Crippen LogP contribution in [0.1, 0.15) is 18.0 Å². The highest BCUT2D eigenvalue weighted by atomic mass is 35.5. The summed E-state index contributed by atoms with van der Waals surface area (Å²) in [5, 5.41) is 18.7. The summed E-state index contributed by atoms with van der Waals surface area (Å²) in [7, 11) is 1.44. The van der Waals surface area contributed by atoms with Gasteiger partial charge in [-0.05, 0) is 18.1 Å². The fourth-order valence-electron chi connectivity index (χ4n) is 1.30. The molecule has 4 nitrogen and oxygen atoms in total. The van der Waals surface area contributed by atoms with Crippen LogP contribution in [0.25, 0.3) is 0 Å². The van der Waals surface area contributed by atoms with E-state index in [0.717, 1.165) is 0 Å². The van der Waals surface area contributed by atoms with Crippen LogP contribution in [0, 0.1) is 0 Å². The molecule has 1 aromatic rings. The molecular formula is C10H14ClNO3. The summed E-state index contributed by atoms with van der Waals surface area (Å²) in [6.07, 6.45) is 0.394. The topological polar surface area (TPSA) is 75.7 Å². The van der Waals surface area contributed by atoms with E-state index in [9.17, 15) is 5.11 Å². The van der Waals surface area contributed by atoms with E-state index in [4.69, 9.17) is 27.2 Å². The zero-order chi connectivity index (χ0) is 11.4. The Morgan fingerprint density at radius 2 is 2.20 bits per heavy atom. The molecular weight excluding hydrogens is 218 g/mol. The summed E-state index contributed by atoms with van der Waals surface area (Å²) >= 11 is 5.96. The SMILES string of the molecule is COc1cc(Cl)c(C(N)CCO)cc1O. The van der Waals surface area contributed by atoms with Gasteiger partial charge in [0.15, 0.2) is 11.5 Å². The molecule has 0 heterocycles. The molecule has 0 fully saturated rings. The fraction of sp³-hybridized carbons (Fsp3) is 0.400. The minimum atomic E-state index is -0.390. The van der Waals surface area contributed by atoms with Gasteiger partial charge < -0.3 is 20.7 Å². The largest absolute Gasteiger partial charge is 0.504 e. The number of benzene rings is 1. The third-order valence-electron chi connectivity index (χ3n) is 2.14. The lowest BCUT2D eigenvalue weighted by molar-refractivity contribution is 0.276. The Labute approximate surface area is 93.2 Å². The number of phenolic OH excluding ortho intramolecular Hbond substituents is 1. The van der Waals surface area contributed by atoms with E-state index in [2.05, 4.69) is 0 Å². The van der Waals surface area contributed by atoms with E-state index in [1.807, 2.05) is 0 Å². The second kappa shape index (κ2) is 5.21. The molecule has 0 aromatic heterocycles. The molecule has 4 N–H and O–H groups in total. The van der Waals surface area contributed by atoms with Gasteiger partial charge in [-0.3, -0.25) is 0 Å². The van der Waals surface area contributed by atoms with E-state index in [1.54, 1.807) is 0 Å². The molecule has 1 atom stereocenters. The van der Waals surface area contributed by atoms with Gasteiger partial charge in [0.2, 0.25) is 0 Å². The molecule has 0 aliphatic heterocycles. The number of ether oxygens (including phenoxy) is 1. The monoisotopic (exact) mass is 231 g/mol. The Hall–Kier alpha value is -0.970. The minimum Gasteiger partial charge on any atom is -0.504 e. The van der Waals surface area contributed by atoms with Gasteiger partial charge in [-0.2, -0.15) is 0 Å². The average Bonchev–Trinajstić information content (AvgIpc) is 2.21. The van der Waals surface area contributed by atoms with Crippen LogP contribution in [-0.4, -0.2) is 23.9 Å². The molecule has 1 aromatic carbocycles. The highest BCUT2D eigenvalue weighted by Gasteiger charge is 2.13. The molecule has 5 heteroatoms. The lowest BCUT2D eigenvalue weighted by atomic mass is 10.0. The third kappa shape index (κ3) is 2.75. The summed E-state index contributed by atoms with van der Waals surface area (Å²) in [5.74, 6) is 0.297. The van der Waals surface area contributed by atoms with Crippen molar-refractivity contribution in [3.8, 4) is 11.5 Å². The van der Waals surface area contributed by atoms with Crippen molar-refractivity contribution in [1.82, 2.24) is 0 Å². The number of aromatic hydroxyl groups is 1. The number of hydrogen-bond donors (Lipinski definition) is 3.